The number of aromatic nitrogens is 2. The van der Waals surface area contributed by atoms with Crippen LogP contribution >= 0.6 is 23.1 Å². The Morgan fingerprint density at radius 1 is 1.26 bits per heavy atom. The van der Waals surface area contributed by atoms with Gasteiger partial charge in [-0.15, -0.1) is 11.3 Å². The van der Waals surface area contributed by atoms with Crippen LogP contribution in [0.15, 0.2) is 29.6 Å². The molecule has 0 unspecified atom stereocenters. The number of anilines is 1. The van der Waals surface area contributed by atoms with E-state index in [1.54, 1.807) is 17.4 Å². The van der Waals surface area contributed by atoms with Gasteiger partial charge in [0.05, 0.1) is 11.4 Å². The lowest BCUT2D eigenvalue weighted by molar-refractivity contribution is -0.113. The number of benzene rings is 1. The zero-order valence-corrected chi connectivity index (χ0v) is 17.7. The zero-order valence-electron chi connectivity index (χ0n) is 16.1. The molecule has 3 rings (SSSR count). The molecule has 27 heavy (non-hydrogen) atoms. The van der Waals surface area contributed by atoms with Crippen molar-refractivity contribution in [1.82, 2.24) is 9.97 Å². The summed E-state index contributed by atoms with van der Waals surface area (Å²) in [5.41, 5.74) is 2.57. The van der Waals surface area contributed by atoms with E-state index < -0.39 is 0 Å². The van der Waals surface area contributed by atoms with Gasteiger partial charge < -0.3 is 10.4 Å². The van der Waals surface area contributed by atoms with Crippen molar-refractivity contribution in [2.45, 2.75) is 45.1 Å². The van der Waals surface area contributed by atoms with E-state index in [4.69, 9.17) is 0 Å². The highest BCUT2D eigenvalue weighted by Crippen LogP contribution is 2.35. The summed E-state index contributed by atoms with van der Waals surface area (Å²) in [6, 6.07) is 5.32. The predicted molar refractivity (Wildman–Crippen MR) is 113 cm³/mol. The lowest BCUT2D eigenvalue weighted by Gasteiger charge is -2.20. The second-order valence-corrected chi connectivity index (χ2v) is 9.63. The fraction of sp³-hybridized carbons (Fsp3) is 0.350. The van der Waals surface area contributed by atoms with Crippen molar-refractivity contribution in [2.75, 3.05) is 11.1 Å². The average Bonchev–Trinajstić information content (AvgIpc) is 2.89. The number of aromatic hydroxyl groups is 1. The summed E-state index contributed by atoms with van der Waals surface area (Å²) in [4.78, 5) is 23.3. The lowest BCUT2D eigenvalue weighted by Crippen LogP contribution is -2.16. The molecule has 0 aliphatic rings. The van der Waals surface area contributed by atoms with Crippen LogP contribution in [-0.4, -0.2) is 26.7 Å². The van der Waals surface area contributed by atoms with Gasteiger partial charge in [0, 0.05) is 10.3 Å². The van der Waals surface area contributed by atoms with Gasteiger partial charge in [-0.3, -0.25) is 4.79 Å². The summed E-state index contributed by atoms with van der Waals surface area (Å²) in [5.74, 6) is 0.0902. The fourth-order valence-corrected chi connectivity index (χ4v) is 4.60. The van der Waals surface area contributed by atoms with Crippen LogP contribution in [0.3, 0.4) is 0 Å². The van der Waals surface area contributed by atoms with Gasteiger partial charge in [-0.1, -0.05) is 38.6 Å². The number of phenolic OH excluding ortho intramolecular Hbond substituents is 1. The number of fused-ring (bicyclic) bond motifs is 1. The van der Waals surface area contributed by atoms with Crippen LogP contribution in [0.25, 0.3) is 10.2 Å². The molecule has 2 heterocycles. The number of amides is 1. The first-order valence-electron chi connectivity index (χ1n) is 8.63. The molecule has 7 heteroatoms. The van der Waals surface area contributed by atoms with Gasteiger partial charge in [-0.05, 0) is 42.5 Å². The molecule has 1 amide bonds. The van der Waals surface area contributed by atoms with Gasteiger partial charge in [0.2, 0.25) is 5.91 Å². The van der Waals surface area contributed by atoms with Gasteiger partial charge in [0.25, 0.3) is 0 Å². The molecule has 3 aromatic rings. The monoisotopic (exact) mass is 401 g/mol. The van der Waals surface area contributed by atoms with Gasteiger partial charge in [-0.25, -0.2) is 9.97 Å². The van der Waals surface area contributed by atoms with E-state index in [1.165, 1.54) is 23.0 Å². The number of carbonyl (C=O) groups is 1. The highest BCUT2D eigenvalue weighted by Gasteiger charge is 2.17. The Labute approximate surface area is 167 Å². The Bertz CT molecular complexity index is 1010. The maximum Gasteiger partial charge on any atom is 0.234 e. The molecule has 2 aromatic heterocycles. The molecule has 142 valence electrons. The van der Waals surface area contributed by atoms with Crippen LogP contribution in [0, 0.1) is 13.8 Å². The predicted octanol–water partition coefficient (Wildman–Crippen LogP) is 5.04. The highest BCUT2D eigenvalue weighted by molar-refractivity contribution is 8.00. The third kappa shape index (κ3) is 4.25. The third-order valence-corrected chi connectivity index (χ3v) is 6.51. The summed E-state index contributed by atoms with van der Waals surface area (Å²) in [6.45, 7) is 10.4. The normalized spacial score (nSPS) is 11.7. The molecule has 1 aromatic carbocycles. The molecule has 0 fully saturated rings. The summed E-state index contributed by atoms with van der Waals surface area (Å²) in [7, 11) is 0. The summed E-state index contributed by atoms with van der Waals surface area (Å²) in [5, 5.41) is 14.7. The molecule has 0 atom stereocenters. The van der Waals surface area contributed by atoms with Crippen LogP contribution in [0.5, 0.6) is 5.75 Å². The molecule has 0 saturated carbocycles. The molecular formula is C20H23N3O2S2. The van der Waals surface area contributed by atoms with Crippen LogP contribution in [0.2, 0.25) is 0 Å². The first kappa shape index (κ1) is 19.6. The van der Waals surface area contributed by atoms with Crippen LogP contribution in [0.1, 0.15) is 36.8 Å². The Kier molecular flexibility index (Phi) is 5.44. The van der Waals surface area contributed by atoms with E-state index in [2.05, 4.69) is 49.9 Å². The zero-order chi connectivity index (χ0) is 19.8. The van der Waals surface area contributed by atoms with Gasteiger partial charge in [-0.2, -0.15) is 0 Å². The van der Waals surface area contributed by atoms with Crippen molar-refractivity contribution in [2.24, 2.45) is 0 Å². The SMILES string of the molecule is Cc1sc2ncnc(SCC(=O)Nc3cc(C(C)(C)C)ccc3O)c2c1C. The average molecular weight is 402 g/mol. The number of rotatable bonds is 4. The van der Waals surface area contributed by atoms with Crippen molar-refractivity contribution in [3.8, 4) is 5.75 Å². The van der Waals surface area contributed by atoms with Gasteiger partial charge in [0.1, 0.15) is 21.9 Å². The number of nitrogens with zero attached hydrogens (tertiary/aromatic N) is 2. The number of hydrogen-bond donors (Lipinski definition) is 2. The van der Waals surface area contributed by atoms with E-state index in [-0.39, 0.29) is 22.8 Å². The first-order valence-corrected chi connectivity index (χ1v) is 10.4. The van der Waals surface area contributed by atoms with Crippen LogP contribution in [-0.2, 0) is 10.2 Å². The van der Waals surface area contributed by atoms with Crippen LogP contribution in [0.4, 0.5) is 5.69 Å². The van der Waals surface area contributed by atoms with E-state index in [1.807, 2.05) is 12.1 Å². The van der Waals surface area contributed by atoms with E-state index in [0.29, 0.717) is 5.69 Å². The molecule has 0 radical (unpaired) electrons. The van der Waals surface area contributed by atoms with E-state index in [0.717, 1.165) is 26.4 Å². The van der Waals surface area contributed by atoms with Gasteiger partial charge >= 0.3 is 0 Å². The third-order valence-electron chi connectivity index (χ3n) is 4.41. The number of nitrogens with one attached hydrogen (secondary N) is 1. The highest BCUT2D eigenvalue weighted by atomic mass is 32.2. The van der Waals surface area contributed by atoms with Crippen molar-refractivity contribution < 1.29 is 9.90 Å². The minimum atomic E-state index is -0.183. The van der Waals surface area contributed by atoms with E-state index in [9.17, 15) is 9.90 Å². The Morgan fingerprint density at radius 2 is 2.00 bits per heavy atom. The number of aryl methyl sites for hydroxylation is 2. The quantitative estimate of drug-likeness (QED) is 0.364. The number of carbonyl (C=O) groups excluding carboxylic acids is 1. The first-order chi connectivity index (χ1) is 12.7. The molecule has 5 nitrogen and oxygen atoms in total. The Hall–Kier alpha value is -2.12. The molecule has 0 bridgehead atoms. The Balaban J connectivity index is 1.75. The Morgan fingerprint density at radius 3 is 2.70 bits per heavy atom. The second-order valence-electron chi connectivity index (χ2n) is 7.46. The molecule has 2 N–H and O–H groups in total. The topological polar surface area (TPSA) is 75.1 Å². The van der Waals surface area contributed by atoms with Crippen molar-refractivity contribution >= 4 is 44.9 Å². The minimum Gasteiger partial charge on any atom is -0.506 e. The second kappa shape index (κ2) is 7.48. The summed E-state index contributed by atoms with van der Waals surface area (Å²) >= 11 is 3.02. The fourth-order valence-electron chi connectivity index (χ4n) is 2.68. The standard InChI is InChI=1S/C20H23N3O2S2/c1-11-12(2)27-19-17(11)18(21-10-22-19)26-9-16(25)23-14-8-13(20(3,4)5)6-7-15(14)24/h6-8,10,24H,9H2,1-5H3,(H,23,25). The van der Waals surface area contributed by atoms with Crippen LogP contribution < -0.4 is 5.32 Å². The van der Waals surface area contributed by atoms with Crippen molar-refractivity contribution in [3.05, 3.63) is 40.5 Å². The molecular weight excluding hydrogens is 378 g/mol. The maximum absolute atomic E-state index is 12.4. The van der Waals surface area contributed by atoms with Crippen molar-refractivity contribution in [3.63, 3.8) is 0 Å². The van der Waals surface area contributed by atoms with E-state index >= 15 is 0 Å². The molecule has 0 spiro atoms. The number of thioether (sulfide) groups is 1. The summed E-state index contributed by atoms with van der Waals surface area (Å²) in [6.07, 6.45) is 1.54. The number of phenols is 1. The lowest BCUT2D eigenvalue weighted by atomic mass is 9.87. The minimum absolute atomic E-state index is 0.0649. The molecule has 0 saturated heterocycles. The number of hydrogen-bond acceptors (Lipinski definition) is 6. The number of thiophene rings is 1. The smallest absolute Gasteiger partial charge is 0.234 e. The molecule has 0 aliphatic carbocycles. The van der Waals surface area contributed by atoms with Crippen molar-refractivity contribution in [1.29, 1.82) is 0 Å². The summed E-state index contributed by atoms with van der Waals surface area (Å²) < 4.78 is 0. The largest absolute Gasteiger partial charge is 0.506 e. The molecule has 0 aliphatic heterocycles. The van der Waals surface area contributed by atoms with Gasteiger partial charge in [0.15, 0.2) is 0 Å². The maximum atomic E-state index is 12.4.